The summed E-state index contributed by atoms with van der Waals surface area (Å²) < 4.78 is 5.59. The molecule has 0 bridgehead atoms. The van der Waals surface area contributed by atoms with E-state index in [0.29, 0.717) is 11.3 Å². The number of amides is 1. The van der Waals surface area contributed by atoms with Crippen molar-refractivity contribution in [2.75, 3.05) is 39.7 Å². The van der Waals surface area contributed by atoms with Crippen LogP contribution in [0, 0.1) is 11.8 Å². The summed E-state index contributed by atoms with van der Waals surface area (Å²) in [7, 11) is 6.53. The standard InChI is InChI=1S/C29H37N3O9/c1-28(2,3)41-11-17(33)14-10-16(31(4)5)13-8-12-9-15-21(32(6)7)24(36)20(27(30)39)26(38)29(15,40)25(37)18(12)23(35)19(13)22(14)34/h10,12,15,21,34-35,38,40H,8-9,11H2,1-7H3,(H2,30,39)/t12-,15-,21-,29-/m0/s1. The number of nitrogens with two attached hydrogens (primary N) is 1. The molecule has 1 fully saturated rings. The van der Waals surface area contributed by atoms with Gasteiger partial charge >= 0.3 is 0 Å². The highest BCUT2D eigenvalue weighted by Gasteiger charge is 2.64. The molecule has 3 aliphatic carbocycles. The summed E-state index contributed by atoms with van der Waals surface area (Å²) in [4.78, 5) is 55.7. The van der Waals surface area contributed by atoms with Gasteiger partial charge in [0.15, 0.2) is 17.2 Å². The van der Waals surface area contributed by atoms with Gasteiger partial charge in [0.05, 0.1) is 22.8 Å². The minimum absolute atomic E-state index is 0.0283. The number of benzene rings is 1. The first-order valence-corrected chi connectivity index (χ1v) is 13.2. The third-order valence-electron chi connectivity index (χ3n) is 8.12. The molecule has 0 spiro atoms. The smallest absolute Gasteiger partial charge is 0.255 e. The minimum Gasteiger partial charge on any atom is -0.508 e. The Morgan fingerprint density at radius 2 is 1.73 bits per heavy atom. The van der Waals surface area contributed by atoms with Crippen molar-refractivity contribution < 1.29 is 44.3 Å². The van der Waals surface area contributed by atoms with Gasteiger partial charge in [-0.2, -0.15) is 0 Å². The number of likely N-dealkylation sites (N-methyl/N-ethyl adjacent to an activating group) is 1. The number of nitrogens with zero attached hydrogens (tertiary/aromatic N) is 2. The molecule has 12 nitrogen and oxygen atoms in total. The van der Waals surface area contributed by atoms with Gasteiger partial charge in [0.1, 0.15) is 29.4 Å². The molecule has 12 heteroatoms. The molecule has 1 amide bonds. The molecule has 4 atom stereocenters. The SMILES string of the molecule is CN(C)c1cc(C(=O)COC(C)(C)C)c(O)c2c1C[C@H]1C[C@H]3[C@H](N(C)C)C(=O)C(C(N)=O)=C(O)[C@@]3(O)C(=O)C1=C2O. The fourth-order valence-corrected chi connectivity index (χ4v) is 6.26. The highest BCUT2D eigenvalue weighted by molar-refractivity contribution is 6.24. The Morgan fingerprint density at radius 1 is 1.12 bits per heavy atom. The Morgan fingerprint density at radius 3 is 2.24 bits per heavy atom. The molecule has 0 heterocycles. The molecule has 0 aromatic heterocycles. The molecule has 1 saturated carbocycles. The van der Waals surface area contributed by atoms with E-state index in [-0.39, 0.29) is 36.1 Å². The summed E-state index contributed by atoms with van der Waals surface area (Å²) in [5.74, 6) is -8.05. The van der Waals surface area contributed by atoms with Crippen molar-refractivity contribution in [3.63, 3.8) is 0 Å². The van der Waals surface area contributed by atoms with E-state index in [4.69, 9.17) is 10.5 Å². The molecule has 0 radical (unpaired) electrons. The third kappa shape index (κ3) is 4.59. The number of Topliss-reactive ketones (excluding diaryl/α,β-unsaturated/α-hetero) is 3. The number of fused-ring (bicyclic) bond motifs is 3. The van der Waals surface area contributed by atoms with Crippen LogP contribution >= 0.6 is 0 Å². The van der Waals surface area contributed by atoms with E-state index >= 15 is 0 Å². The van der Waals surface area contributed by atoms with Crippen LogP contribution in [0.2, 0.25) is 0 Å². The zero-order chi connectivity index (χ0) is 30.9. The van der Waals surface area contributed by atoms with Gasteiger partial charge in [0.2, 0.25) is 5.78 Å². The fraction of sp³-hybridized carbons (Fsp3) is 0.517. The Balaban J connectivity index is 1.95. The zero-order valence-electron chi connectivity index (χ0n) is 24.2. The lowest BCUT2D eigenvalue weighted by atomic mass is 9.57. The third-order valence-corrected chi connectivity index (χ3v) is 8.12. The maximum Gasteiger partial charge on any atom is 0.255 e. The number of hydrogen-bond donors (Lipinski definition) is 5. The van der Waals surface area contributed by atoms with Gasteiger partial charge in [-0.15, -0.1) is 0 Å². The molecular weight excluding hydrogens is 534 g/mol. The second-order valence-corrected chi connectivity index (χ2v) is 12.3. The van der Waals surface area contributed by atoms with Gasteiger partial charge in [-0.1, -0.05) is 0 Å². The van der Waals surface area contributed by atoms with Gasteiger partial charge in [-0.25, -0.2) is 0 Å². The van der Waals surface area contributed by atoms with Crippen molar-refractivity contribution in [1.82, 2.24) is 4.90 Å². The summed E-state index contributed by atoms with van der Waals surface area (Å²) in [6.45, 7) is 4.97. The lowest BCUT2D eigenvalue weighted by Crippen LogP contribution is -2.65. The van der Waals surface area contributed by atoms with Crippen LogP contribution in [0.4, 0.5) is 5.69 Å². The molecule has 4 rings (SSSR count). The summed E-state index contributed by atoms with van der Waals surface area (Å²) in [6.07, 6.45) is 0.0854. The molecular formula is C29H37N3O9. The van der Waals surface area contributed by atoms with Crippen LogP contribution in [-0.2, 0) is 25.5 Å². The second-order valence-electron chi connectivity index (χ2n) is 12.3. The highest BCUT2D eigenvalue weighted by atomic mass is 16.5. The van der Waals surface area contributed by atoms with Crippen LogP contribution < -0.4 is 10.6 Å². The number of phenols is 1. The van der Waals surface area contributed by atoms with E-state index in [9.17, 15) is 39.6 Å². The summed E-state index contributed by atoms with van der Waals surface area (Å²) >= 11 is 0. The van der Waals surface area contributed by atoms with E-state index in [1.807, 2.05) is 0 Å². The molecule has 0 unspecified atom stereocenters. The molecule has 222 valence electrons. The van der Waals surface area contributed by atoms with E-state index < -0.39 is 75.2 Å². The quantitative estimate of drug-likeness (QED) is 0.242. The van der Waals surface area contributed by atoms with E-state index in [2.05, 4.69) is 0 Å². The van der Waals surface area contributed by atoms with Crippen LogP contribution in [0.1, 0.15) is 48.7 Å². The van der Waals surface area contributed by atoms with Gasteiger partial charge in [0, 0.05) is 31.3 Å². The number of hydrogen-bond acceptors (Lipinski definition) is 11. The fourth-order valence-electron chi connectivity index (χ4n) is 6.26. The molecule has 6 N–H and O–H groups in total. The van der Waals surface area contributed by atoms with Crippen molar-refractivity contribution in [3.05, 3.63) is 39.7 Å². The van der Waals surface area contributed by atoms with Gasteiger partial charge < -0.3 is 35.8 Å². The van der Waals surface area contributed by atoms with E-state index in [1.54, 1.807) is 39.8 Å². The molecule has 0 saturated heterocycles. The Labute approximate surface area is 237 Å². The number of aromatic hydroxyl groups is 1. The number of aliphatic hydroxyl groups is 3. The number of rotatable bonds is 6. The molecule has 0 aliphatic heterocycles. The molecule has 1 aromatic rings. The lowest BCUT2D eigenvalue weighted by molar-refractivity contribution is -0.153. The Bertz CT molecular complexity index is 1430. The summed E-state index contributed by atoms with van der Waals surface area (Å²) in [5, 5.41) is 45.5. The topological polar surface area (TPSA) is 191 Å². The number of primary amides is 1. The number of ketones is 3. The first-order valence-electron chi connectivity index (χ1n) is 13.2. The normalized spacial score (nSPS) is 26.1. The van der Waals surface area contributed by atoms with E-state index in [1.165, 1.54) is 25.1 Å². The van der Waals surface area contributed by atoms with E-state index in [0.717, 1.165) is 0 Å². The van der Waals surface area contributed by atoms with Crippen molar-refractivity contribution >= 4 is 34.7 Å². The van der Waals surface area contributed by atoms with Crippen LogP contribution in [0.3, 0.4) is 0 Å². The van der Waals surface area contributed by atoms with Crippen LogP contribution in [0.5, 0.6) is 5.75 Å². The number of aliphatic hydroxyl groups excluding tert-OH is 2. The van der Waals surface area contributed by atoms with Crippen LogP contribution in [0.15, 0.2) is 23.0 Å². The minimum atomic E-state index is -2.74. The zero-order valence-corrected chi connectivity index (χ0v) is 24.2. The summed E-state index contributed by atoms with van der Waals surface area (Å²) in [6, 6.07) is 0.333. The molecule has 1 aromatic carbocycles. The van der Waals surface area contributed by atoms with Crippen molar-refractivity contribution in [2.45, 2.75) is 50.9 Å². The average molecular weight is 572 g/mol. The average Bonchev–Trinajstić information content (AvgIpc) is 2.83. The molecule has 3 aliphatic rings. The van der Waals surface area contributed by atoms with Crippen molar-refractivity contribution in [3.8, 4) is 5.75 Å². The molecule has 41 heavy (non-hydrogen) atoms. The first kappa shape index (κ1) is 30.2. The number of phenolic OH excluding ortho intramolecular Hbond substituents is 1. The van der Waals surface area contributed by atoms with Crippen molar-refractivity contribution in [1.29, 1.82) is 0 Å². The van der Waals surface area contributed by atoms with Gasteiger partial charge in [0.25, 0.3) is 5.91 Å². The predicted octanol–water partition coefficient (Wildman–Crippen LogP) is 1.03. The number of carbonyl (C=O) groups excluding carboxylic acids is 4. The monoisotopic (exact) mass is 571 g/mol. The number of ether oxygens (including phenoxy) is 1. The second kappa shape index (κ2) is 9.97. The van der Waals surface area contributed by atoms with Gasteiger partial charge in [-0.05, 0) is 65.3 Å². The Hall–Kier alpha value is -3.74. The first-order chi connectivity index (χ1) is 18.8. The summed E-state index contributed by atoms with van der Waals surface area (Å²) in [5.41, 5.74) is 1.53. The number of carbonyl (C=O) groups is 4. The largest absolute Gasteiger partial charge is 0.508 e. The lowest BCUT2D eigenvalue weighted by Gasteiger charge is -2.50. The highest BCUT2D eigenvalue weighted by Crippen LogP contribution is 2.54. The van der Waals surface area contributed by atoms with Gasteiger partial charge in [-0.3, -0.25) is 24.1 Å². The predicted molar refractivity (Wildman–Crippen MR) is 149 cm³/mol. The Kier molecular flexibility index (Phi) is 7.35. The van der Waals surface area contributed by atoms with Crippen molar-refractivity contribution in [2.24, 2.45) is 17.6 Å². The number of anilines is 1. The maximum atomic E-state index is 14.0. The maximum absolute atomic E-state index is 14.0. The van der Waals surface area contributed by atoms with Crippen LogP contribution in [-0.4, -0.2) is 101 Å². The van der Waals surface area contributed by atoms with Crippen LogP contribution in [0.25, 0.3) is 5.76 Å².